The highest BCUT2D eigenvalue weighted by Crippen LogP contribution is 2.19. The molecule has 0 saturated carbocycles. The van der Waals surface area contributed by atoms with Gasteiger partial charge in [-0.05, 0) is 38.1 Å². The molecule has 4 nitrogen and oxygen atoms in total. The summed E-state index contributed by atoms with van der Waals surface area (Å²) in [5.74, 6) is 0.922. The molecule has 0 radical (unpaired) electrons. The molecule has 1 fully saturated rings. The zero-order valence-electron chi connectivity index (χ0n) is 12.4. The Kier molecular flexibility index (Phi) is 4.32. The number of nitrogens with one attached hydrogen (secondary N) is 1. The van der Waals surface area contributed by atoms with Crippen molar-refractivity contribution in [3.8, 4) is 5.75 Å². The zero-order chi connectivity index (χ0) is 13.9. The lowest BCUT2D eigenvalue weighted by atomic mass is 10.0. The first-order valence-corrected chi connectivity index (χ1v) is 7.10. The Balaban J connectivity index is 1.95. The van der Waals surface area contributed by atoms with Crippen LogP contribution in [0.15, 0.2) is 24.3 Å². The van der Waals surface area contributed by atoms with Gasteiger partial charge < -0.3 is 20.3 Å². The molecule has 0 atom stereocenters. The van der Waals surface area contributed by atoms with Crippen LogP contribution in [0.4, 0.5) is 5.69 Å². The molecule has 4 heteroatoms. The average Bonchev–Trinajstić information content (AvgIpc) is 2.47. The molecule has 1 aliphatic rings. The van der Waals surface area contributed by atoms with E-state index in [1.807, 2.05) is 12.1 Å². The first kappa shape index (κ1) is 14.2. The van der Waals surface area contributed by atoms with Crippen LogP contribution in [0.5, 0.6) is 5.75 Å². The van der Waals surface area contributed by atoms with E-state index < -0.39 is 0 Å². The fraction of sp³-hybridized carbons (Fsp3) is 0.600. The number of nitrogens with zero attached hydrogens (tertiary/aromatic N) is 1. The molecule has 106 valence electrons. The number of ether oxygens (including phenoxy) is 1. The summed E-state index contributed by atoms with van der Waals surface area (Å²) in [5, 5.41) is 0. The van der Waals surface area contributed by atoms with Crippen LogP contribution in [0.1, 0.15) is 13.8 Å². The van der Waals surface area contributed by atoms with E-state index in [-0.39, 0.29) is 0 Å². The Hall–Kier alpha value is -1.26. The fourth-order valence-electron chi connectivity index (χ4n) is 2.68. The molecule has 0 unspecified atom stereocenters. The van der Waals surface area contributed by atoms with Gasteiger partial charge in [0.1, 0.15) is 17.8 Å². The average molecular weight is 265 g/mol. The van der Waals surface area contributed by atoms with Crippen molar-refractivity contribution in [1.82, 2.24) is 0 Å². The maximum absolute atomic E-state index is 5.20. The smallest absolute Gasteiger partial charge is 0.141 e. The fourth-order valence-corrected chi connectivity index (χ4v) is 2.68. The minimum atomic E-state index is 0.298. The first-order valence-electron chi connectivity index (χ1n) is 7.10. The third-order valence-corrected chi connectivity index (χ3v) is 4.39. The van der Waals surface area contributed by atoms with Gasteiger partial charge >= 0.3 is 0 Å². The van der Waals surface area contributed by atoms with Crippen LogP contribution >= 0.6 is 0 Å². The quantitative estimate of drug-likeness (QED) is 0.765. The Labute approximate surface area is 116 Å². The van der Waals surface area contributed by atoms with Crippen molar-refractivity contribution in [1.29, 1.82) is 0 Å². The van der Waals surface area contributed by atoms with Crippen molar-refractivity contribution in [3.05, 3.63) is 24.3 Å². The Bertz CT molecular complexity index is 394. The molecular weight excluding hydrogens is 238 g/mol. The number of methoxy groups -OCH3 is 1. The van der Waals surface area contributed by atoms with Crippen LogP contribution in [-0.4, -0.2) is 45.4 Å². The van der Waals surface area contributed by atoms with Gasteiger partial charge in [-0.15, -0.1) is 0 Å². The summed E-state index contributed by atoms with van der Waals surface area (Å²) in [6.07, 6.45) is 0. The number of rotatable bonds is 4. The number of anilines is 1. The van der Waals surface area contributed by atoms with Gasteiger partial charge in [-0.2, -0.15) is 0 Å². The molecule has 0 aliphatic carbocycles. The second-order valence-electron chi connectivity index (χ2n) is 5.92. The van der Waals surface area contributed by atoms with Crippen molar-refractivity contribution in [2.24, 2.45) is 0 Å². The van der Waals surface area contributed by atoms with Gasteiger partial charge in [0.05, 0.1) is 33.3 Å². The minimum absolute atomic E-state index is 0.298. The SMILES string of the molecule is COc1ccc(N2CC[NH+](C(C)(C)C[NH3+])CC2)cc1. The first-order chi connectivity index (χ1) is 9.06. The molecule has 0 amide bonds. The Morgan fingerprint density at radius 1 is 1.21 bits per heavy atom. The number of hydrogen-bond donors (Lipinski definition) is 2. The topological polar surface area (TPSA) is 44.5 Å². The summed E-state index contributed by atoms with van der Waals surface area (Å²) in [6.45, 7) is 10.2. The minimum Gasteiger partial charge on any atom is -0.497 e. The van der Waals surface area contributed by atoms with Crippen molar-refractivity contribution in [2.75, 3.05) is 44.7 Å². The van der Waals surface area contributed by atoms with E-state index in [4.69, 9.17) is 4.74 Å². The van der Waals surface area contributed by atoms with Crippen molar-refractivity contribution < 1.29 is 15.4 Å². The maximum Gasteiger partial charge on any atom is 0.141 e. The molecule has 2 rings (SSSR count). The molecule has 1 aromatic rings. The monoisotopic (exact) mass is 265 g/mol. The van der Waals surface area contributed by atoms with Gasteiger partial charge in [0.15, 0.2) is 0 Å². The molecule has 19 heavy (non-hydrogen) atoms. The number of hydrogen-bond acceptors (Lipinski definition) is 2. The number of piperazine rings is 1. The molecule has 1 saturated heterocycles. The van der Waals surface area contributed by atoms with Crippen LogP contribution in [-0.2, 0) is 0 Å². The van der Waals surface area contributed by atoms with Crippen LogP contribution in [0.25, 0.3) is 0 Å². The van der Waals surface area contributed by atoms with E-state index in [1.165, 1.54) is 18.8 Å². The highest BCUT2D eigenvalue weighted by atomic mass is 16.5. The van der Waals surface area contributed by atoms with Gasteiger partial charge in [-0.3, -0.25) is 0 Å². The van der Waals surface area contributed by atoms with Gasteiger partial charge in [-0.25, -0.2) is 0 Å². The van der Waals surface area contributed by atoms with E-state index in [9.17, 15) is 0 Å². The molecule has 0 aromatic heterocycles. The lowest BCUT2D eigenvalue weighted by Crippen LogP contribution is -3.23. The molecule has 0 bridgehead atoms. The third-order valence-electron chi connectivity index (χ3n) is 4.39. The number of quaternary nitrogens is 2. The molecular formula is C15H27N3O+2. The van der Waals surface area contributed by atoms with Crippen LogP contribution in [0, 0.1) is 0 Å². The standard InChI is InChI=1S/C15H25N3O/c1-15(2,12-16)18-10-8-17(9-11-18)13-4-6-14(19-3)7-5-13/h4-7H,8-12,16H2,1-3H3/p+2. The van der Waals surface area contributed by atoms with Crippen LogP contribution in [0.2, 0.25) is 0 Å². The van der Waals surface area contributed by atoms with Crippen LogP contribution in [0.3, 0.4) is 0 Å². The maximum atomic E-state index is 5.20. The Morgan fingerprint density at radius 3 is 2.26 bits per heavy atom. The van der Waals surface area contributed by atoms with Gasteiger partial charge in [0.25, 0.3) is 0 Å². The normalized spacial score (nSPS) is 17.6. The summed E-state index contributed by atoms with van der Waals surface area (Å²) in [4.78, 5) is 4.13. The number of benzene rings is 1. The molecule has 1 aromatic carbocycles. The molecule has 1 aliphatic heterocycles. The predicted molar refractivity (Wildman–Crippen MR) is 77.7 cm³/mol. The lowest BCUT2D eigenvalue weighted by Gasteiger charge is -2.40. The highest BCUT2D eigenvalue weighted by Gasteiger charge is 2.34. The van der Waals surface area contributed by atoms with E-state index in [2.05, 4.69) is 36.6 Å². The Morgan fingerprint density at radius 2 is 1.79 bits per heavy atom. The molecule has 4 N–H and O–H groups in total. The van der Waals surface area contributed by atoms with Crippen molar-refractivity contribution in [3.63, 3.8) is 0 Å². The second-order valence-corrected chi connectivity index (χ2v) is 5.92. The zero-order valence-corrected chi connectivity index (χ0v) is 12.4. The summed E-state index contributed by atoms with van der Waals surface area (Å²) < 4.78 is 5.20. The molecule has 0 spiro atoms. The van der Waals surface area contributed by atoms with Crippen molar-refractivity contribution in [2.45, 2.75) is 19.4 Å². The second kappa shape index (κ2) is 5.80. The largest absolute Gasteiger partial charge is 0.497 e. The lowest BCUT2D eigenvalue weighted by molar-refractivity contribution is -0.955. The predicted octanol–water partition coefficient (Wildman–Crippen LogP) is -0.579. The summed E-state index contributed by atoms with van der Waals surface area (Å²) in [6, 6.07) is 8.37. The van der Waals surface area contributed by atoms with E-state index >= 15 is 0 Å². The van der Waals surface area contributed by atoms with Crippen molar-refractivity contribution >= 4 is 5.69 Å². The third kappa shape index (κ3) is 3.19. The van der Waals surface area contributed by atoms with E-state index in [0.29, 0.717) is 5.54 Å². The highest BCUT2D eigenvalue weighted by molar-refractivity contribution is 5.49. The summed E-state index contributed by atoms with van der Waals surface area (Å²) >= 11 is 0. The molecule has 1 heterocycles. The summed E-state index contributed by atoms with van der Waals surface area (Å²) in [7, 11) is 1.71. The summed E-state index contributed by atoms with van der Waals surface area (Å²) in [5.41, 5.74) is 5.68. The van der Waals surface area contributed by atoms with Gasteiger partial charge in [-0.1, -0.05) is 0 Å². The van der Waals surface area contributed by atoms with Crippen LogP contribution < -0.4 is 20.3 Å². The van der Waals surface area contributed by atoms with E-state index in [0.717, 1.165) is 25.4 Å². The van der Waals surface area contributed by atoms with E-state index in [1.54, 1.807) is 12.0 Å². The van der Waals surface area contributed by atoms with Gasteiger partial charge in [0, 0.05) is 5.69 Å². The van der Waals surface area contributed by atoms with Gasteiger partial charge in [0.2, 0.25) is 0 Å².